The fourth-order valence-corrected chi connectivity index (χ4v) is 7.39. The highest BCUT2D eigenvalue weighted by Crippen LogP contribution is 2.61. The Labute approximate surface area is 211 Å². The molecule has 0 bridgehead atoms. The van der Waals surface area contributed by atoms with Crippen molar-refractivity contribution in [2.75, 3.05) is 24.1 Å². The van der Waals surface area contributed by atoms with Crippen molar-refractivity contribution < 1.29 is 19.2 Å². The number of aromatic nitrogens is 1. The first-order valence-corrected chi connectivity index (χ1v) is 12.7. The standard InChI is InChI=1S/C26H22N4O5S/c1-35-18-8-9-20-19(11-18)26(25(32)28-20)23(24(31)16-3-2-10-27-12-16)22(21-13-36-14-29(21)26)15-4-6-17(7-5-15)30(33)34/h2-12,21-23H,13-14H2,1H3,(H,28,32)/t21-,22-,23-,26+/m0/s1. The second kappa shape index (κ2) is 8.42. The summed E-state index contributed by atoms with van der Waals surface area (Å²) in [5.74, 6) is 0.335. The molecule has 0 radical (unpaired) electrons. The monoisotopic (exact) mass is 502 g/mol. The molecule has 1 aromatic heterocycles. The summed E-state index contributed by atoms with van der Waals surface area (Å²) in [6.45, 7) is 0. The van der Waals surface area contributed by atoms with Gasteiger partial charge in [-0.2, -0.15) is 0 Å². The number of hydrogen-bond donors (Lipinski definition) is 1. The van der Waals surface area contributed by atoms with Gasteiger partial charge >= 0.3 is 0 Å². The molecule has 182 valence electrons. The van der Waals surface area contributed by atoms with E-state index in [-0.39, 0.29) is 29.3 Å². The zero-order chi connectivity index (χ0) is 25.0. The SMILES string of the molecule is COc1ccc2c(c1)[C@]1(C(=O)N2)[C@H](C(=O)c2cccnc2)[C@@H](c2ccc([N+](=O)[O-])cc2)[C@@H]2CSCN21. The van der Waals surface area contributed by atoms with Crippen LogP contribution in [0, 0.1) is 16.0 Å². The average molecular weight is 503 g/mol. The molecule has 3 aliphatic heterocycles. The summed E-state index contributed by atoms with van der Waals surface area (Å²) in [6, 6.07) is 15.1. The maximum atomic E-state index is 14.3. The van der Waals surface area contributed by atoms with Gasteiger partial charge in [-0.3, -0.25) is 29.6 Å². The van der Waals surface area contributed by atoms with Gasteiger partial charge in [-0.15, -0.1) is 11.8 Å². The van der Waals surface area contributed by atoms with Gasteiger partial charge in [0.15, 0.2) is 5.78 Å². The summed E-state index contributed by atoms with van der Waals surface area (Å²) < 4.78 is 5.49. The highest BCUT2D eigenvalue weighted by Gasteiger charge is 2.69. The largest absolute Gasteiger partial charge is 0.497 e. The van der Waals surface area contributed by atoms with Crippen LogP contribution < -0.4 is 10.1 Å². The minimum Gasteiger partial charge on any atom is -0.497 e. The Hall–Kier alpha value is -3.76. The summed E-state index contributed by atoms with van der Waals surface area (Å²) in [5.41, 5.74) is 1.31. The molecule has 1 amide bonds. The summed E-state index contributed by atoms with van der Waals surface area (Å²) in [7, 11) is 1.57. The molecule has 0 saturated carbocycles. The second-order valence-electron chi connectivity index (χ2n) is 9.13. The Bertz CT molecular complexity index is 1380. The number of nitro benzene ring substituents is 1. The van der Waals surface area contributed by atoms with Crippen molar-refractivity contribution >= 4 is 34.8 Å². The molecule has 2 saturated heterocycles. The van der Waals surface area contributed by atoms with E-state index in [1.807, 2.05) is 12.1 Å². The number of pyridine rings is 1. The van der Waals surface area contributed by atoms with Gasteiger partial charge in [-0.05, 0) is 35.9 Å². The smallest absolute Gasteiger partial charge is 0.269 e. The fraction of sp³-hybridized carbons (Fsp3) is 0.269. The fourth-order valence-electron chi connectivity index (χ4n) is 6.06. The Balaban J connectivity index is 1.60. The Morgan fingerprint density at radius 2 is 2.06 bits per heavy atom. The number of Topliss-reactive ketones (excluding diaryl/α,β-unsaturated/α-hetero) is 1. The lowest BCUT2D eigenvalue weighted by atomic mass is 9.69. The van der Waals surface area contributed by atoms with Crippen LogP contribution in [-0.2, 0) is 10.3 Å². The number of rotatable bonds is 5. The first-order chi connectivity index (χ1) is 17.5. The molecular formula is C26H22N4O5S. The van der Waals surface area contributed by atoms with E-state index in [9.17, 15) is 19.7 Å². The van der Waals surface area contributed by atoms with Crippen molar-refractivity contribution in [1.82, 2.24) is 9.88 Å². The number of carbonyl (C=O) groups excluding carboxylic acids is 2. The minimum atomic E-state index is -1.25. The van der Waals surface area contributed by atoms with Crippen molar-refractivity contribution in [3.63, 3.8) is 0 Å². The van der Waals surface area contributed by atoms with Gasteiger partial charge in [0, 0.05) is 64.9 Å². The van der Waals surface area contributed by atoms with Crippen LogP contribution in [0.3, 0.4) is 0 Å². The van der Waals surface area contributed by atoms with E-state index in [0.29, 0.717) is 28.4 Å². The number of non-ortho nitro benzene ring substituents is 1. The zero-order valence-corrected chi connectivity index (χ0v) is 20.1. The van der Waals surface area contributed by atoms with E-state index in [2.05, 4.69) is 15.2 Å². The Morgan fingerprint density at radius 3 is 2.75 bits per heavy atom. The first-order valence-electron chi connectivity index (χ1n) is 11.5. The van der Waals surface area contributed by atoms with E-state index in [4.69, 9.17) is 4.74 Å². The van der Waals surface area contributed by atoms with Crippen LogP contribution in [0.1, 0.15) is 27.4 Å². The summed E-state index contributed by atoms with van der Waals surface area (Å²) in [4.78, 5) is 45.5. The summed E-state index contributed by atoms with van der Waals surface area (Å²) in [5, 5.41) is 14.3. The Morgan fingerprint density at radius 1 is 1.25 bits per heavy atom. The lowest BCUT2D eigenvalue weighted by Gasteiger charge is -2.36. The third kappa shape index (κ3) is 3.11. The van der Waals surface area contributed by atoms with Crippen LogP contribution in [-0.4, -0.2) is 51.3 Å². The number of anilines is 1. The molecule has 2 aromatic carbocycles. The molecule has 0 aliphatic carbocycles. The maximum absolute atomic E-state index is 14.3. The number of ketones is 1. The van der Waals surface area contributed by atoms with Crippen molar-refractivity contribution in [3.05, 3.63) is 93.8 Å². The van der Waals surface area contributed by atoms with Crippen LogP contribution in [0.5, 0.6) is 5.75 Å². The maximum Gasteiger partial charge on any atom is 0.269 e. The molecule has 1 spiro atoms. The number of nitrogens with zero attached hydrogens (tertiary/aromatic N) is 3. The van der Waals surface area contributed by atoms with E-state index in [0.717, 1.165) is 11.3 Å². The molecule has 9 nitrogen and oxygen atoms in total. The molecule has 4 heterocycles. The molecule has 3 aliphatic rings. The number of benzene rings is 2. The third-order valence-electron chi connectivity index (χ3n) is 7.55. The van der Waals surface area contributed by atoms with E-state index < -0.39 is 16.4 Å². The molecule has 4 atom stereocenters. The van der Waals surface area contributed by atoms with Crippen LogP contribution in [0.4, 0.5) is 11.4 Å². The van der Waals surface area contributed by atoms with Crippen molar-refractivity contribution in [2.24, 2.45) is 5.92 Å². The van der Waals surface area contributed by atoms with Crippen molar-refractivity contribution in [1.29, 1.82) is 0 Å². The van der Waals surface area contributed by atoms with Crippen molar-refractivity contribution in [3.8, 4) is 5.75 Å². The minimum absolute atomic E-state index is 0.0204. The third-order valence-corrected chi connectivity index (χ3v) is 8.58. The van der Waals surface area contributed by atoms with Crippen LogP contribution >= 0.6 is 11.8 Å². The number of ether oxygens (including phenoxy) is 1. The van der Waals surface area contributed by atoms with Gasteiger partial charge in [-0.25, -0.2) is 0 Å². The number of hydrogen-bond acceptors (Lipinski definition) is 8. The van der Waals surface area contributed by atoms with Crippen LogP contribution in [0.25, 0.3) is 0 Å². The molecule has 1 N–H and O–H groups in total. The van der Waals surface area contributed by atoms with Gasteiger partial charge in [0.05, 0.1) is 18.0 Å². The molecule has 6 rings (SSSR count). The molecular weight excluding hydrogens is 480 g/mol. The number of nitrogens with one attached hydrogen (secondary N) is 1. The molecule has 36 heavy (non-hydrogen) atoms. The second-order valence-corrected chi connectivity index (χ2v) is 10.1. The highest BCUT2D eigenvalue weighted by atomic mass is 32.2. The summed E-state index contributed by atoms with van der Waals surface area (Å²) >= 11 is 1.71. The average Bonchev–Trinajstić information content (AvgIpc) is 3.57. The number of carbonyl (C=O) groups is 2. The number of thioether (sulfide) groups is 1. The van der Waals surface area contributed by atoms with E-state index >= 15 is 0 Å². The van der Waals surface area contributed by atoms with Gasteiger partial charge in [0.2, 0.25) is 5.91 Å². The predicted molar refractivity (Wildman–Crippen MR) is 134 cm³/mol. The Kier molecular flexibility index (Phi) is 5.31. The number of nitro groups is 1. The molecule has 2 fully saturated rings. The van der Waals surface area contributed by atoms with E-state index in [1.165, 1.54) is 18.3 Å². The summed E-state index contributed by atoms with van der Waals surface area (Å²) in [6.07, 6.45) is 3.13. The molecule has 0 unspecified atom stereocenters. The number of amides is 1. The highest BCUT2D eigenvalue weighted by molar-refractivity contribution is 7.99. The molecule has 3 aromatic rings. The zero-order valence-electron chi connectivity index (χ0n) is 19.3. The lowest BCUT2D eigenvalue weighted by molar-refractivity contribution is -0.384. The van der Waals surface area contributed by atoms with E-state index in [1.54, 1.807) is 55.4 Å². The molecule has 10 heteroatoms. The van der Waals surface area contributed by atoms with Crippen LogP contribution in [0.15, 0.2) is 67.0 Å². The predicted octanol–water partition coefficient (Wildman–Crippen LogP) is 3.82. The van der Waals surface area contributed by atoms with Gasteiger partial charge in [0.1, 0.15) is 11.3 Å². The first kappa shape index (κ1) is 22.7. The van der Waals surface area contributed by atoms with Gasteiger partial charge < -0.3 is 10.1 Å². The van der Waals surface area contributed by atoms with Crippen molar-refractivity contribution in [2.45, 2.75) is 17.5 Å². The normalized spacial score (nSPS) is 26.5. The number of fused-ring (bicyclic) bond motifs is 4. The quantitative estimate of drug-likeness (QED) is 0.318. The van der Waals surface area contributed by atoms with Gasteiger partial charge in [-0.1, -0.05) is 12.1 Å². The number of methoxy groups -OCH3 is 1. The topological polar surface area (TPSA) is 115 Å². The van der Waals surface area contributed by atoms with Crippen LogP contribution in [0.2, 0.25) is 0 Å². The lowest BCUT2D eigenvalue weighted by Crippen LogP contribution is -2.52. The van der Waals surface area contributed by atoms with Gasteiger partial charge in [0.25, 0.3) is 5.69 Å².